The number of carbonyl (C=O) groups excluding carboxylic acids is 1. The lowest BCUT2D eigenvalue weighted by Gasteiger charge is -2.09. The number of aryl methyl sites for hydroxylation is 3. The number of hydrogen-bond acceptors (Lipinski definition) is 5. The highest BCUT2D eigenvalue weighted by molar-refractivity contribution is 7.15. The summed E-state index contributed by atoms with van der Waals surface area (Å²) in [7, 11) is 0. The van der Waals surface area contributed by atoms with Crippen LogP contribution in [0.2, 0.25) is 5.02 Å². The molecule has 29 heavy (non-hydrogen) atoms. The van der Waals surface area contributed by atoms with Gasteiger partial charge in [-0.05, 0) is 55.5 Å². The van der Waals surface area contributed by atoms with Gasteiger partial charge in [-0.1, -0.05) is 53.3 Å². The molecular weight excluding hydrogens is 406 g/mol. The van der Waals surface area contributed by atoms with Crippen LogP contribution in [0.3, 0.4) is 0 Å². The summed E-state index contributed by atoms with van der Waals surface area (Å²) < 4.78 is 5.71. The first kappa shape index (κ1) is 21.3. The van der Waals surface area contributed by atoms with Crippen LogP contribution in [0.4, 0.5) is 5.13 Å². The molecule has 0 fully saturated rings. The van der Waals surface area contributed by atoms with E-state index in [-0.39, 0.29) is 5.91 Å². The molecule has 0 unspecified atom stereocenters. The van der Waals surface area contributed by atoms with Gasteiger partial charge < -0.3 is 10.1 Å². The highest BCUT2D eigenvalue weighted by atomic mass is 35.5. The van der Waals surface area contributed by atoms with Crippen LogP contribution in [0, 0.1) is 6.92 Å². The van der Waals surface area contributed by atoms with Crippen molar-refractivity contribution in [1.82, 2.24) is 10.2 Å². The van der Waals surface area contributed by atoms with Crippen molar-refractivity contribution in [3.05, 3.63) is 69.7 Å². The number of nitrogens with zero attached hydrogens (tertiary/aromatic N) is 2. The van der Waals surface area contributed by atoms with Crippen LogP contribution < -0.4 is 10.1 Å². The molecule has 0 saturated carbocycles. The first-order valence-corrected chi connectivity index (χ1v) is 10.8. The van der Waals surface area contributed by atoms with Crippen molar-refractivity contribution in [3.63, 3.8) is 0 Å². The number of halogens is 1. The number of amides is 1. The van der Waals surface area contributed by atoms with E-state index in [1.54, 1.807) is 6.07 Å². The summed E-state index contributed by atoms with van der Waals surface area (Å²) in [5, 5.41) is 13.2. The van der Waals surface area contributed by atoms with E-state index in [0.29, 0.717) is 29.6 Å². The van der Waals surface area contributed by atoms with E-state index in [2.05, 4.69) is 39.8 Å². The van der Waals surface area contributed by atoms with Crippen molar-refractivity contribution in [2.24, 2.45) is 0 Å². The molecule has 0 atom stereocenters. The van der Waals surface area contributed by atoms with Gasteiger partial charge in [0.1, 0.15) is 10.8 Å². The van der Waals surface area contributed by atoms with Crippen LogP contribution in [0.5, 0.6) is 5.75 Å². The Balaban J connectivity index is 1.34. The van der Waals surface area contributed by atoms with Gasteiger partial charge in [-0.2, -0.15) is 0 Å². The molecule has 1 N–H and O–H groups in total. The predicted octanol–water partition coefficient (Wildman–Crippen LogP) is 5.47. The molecular formula is C22H24ClN3O2S. The summed E-state index contributed by atoms with van der Waals surface area (Å²) in [5.74, 6) is 0.715. The summed E-state index contributed by atoms with van der Waals surface area (Å²) >= 11 is 7.37. The van der Waals surface area contributed by atoms with Crippen molar-refractivity contribution in [2.45, 2.75) is 39.0 Å². The van der Waals surface area contributed by atoms with Crippen LogP contribution in [-0.4, -0.2) is 22.7 Å². The second-order valence-electron chi connectivity index (χ2n) is 6.75. The Morgan fingerprint density at radius 3 is 2.72 bits per heavy atom. The Kier molecular flexibility index (Phi) is 8.02. The van der Waals surface area contributed by atoms with Gasteiger partial charge in [-0.15, -0.1) is 10.2 Å². The summed E-state index contributed by atoms with van der Waals surface area (Å²) in [6.07, 6.45) is 3.87. The maximum Gasteiger partial charge on any atom is 0.226 e. The quantitative estimate of drug-likeness (QED) is 0.434. The fourth-order valence-corrected chi connectivity index (χ4v) is 3.89. The van der Waals surface area contributed by atoms with E-state index in [9.17, 15) is 4.79 Å². The minimum atomic E-state index is -0.0755. The summed E-state index contributed by atoms with van der Waals surface area (Å²) in [5.41, 5.74) is 2.30. The predicted molar refractivity (Wildman–Crippen MR) is 118 cm³/mol. The number of aromatic nitrogens is 2. The number of carbonyl (C=O) groups is 1. The second kappa shape index (κ2) is 10.9. The Labute approximate surface area is 180 Å². The zero-order valence-corrected chi connectivity index (χ0v) is 17.9. The average Bonchev–Trinajstić information content (AvgIpc) is 3.14. The van der Waals surface area contributed by atoms with E-state index in [1.807, 2.05) is 25.1 Å². The summed E-state index contributed by atoms with van der Waals surface area (Å²) in [4.78, 5) is 12.1. The largest absolute Gasteiger partial charge is 0.493 e. The number of hydrogen-bond donors (Lipinski definition) is 1. The molecule has 3 aromatic rings. The van der Waals surface area contributed by atoms with Crippen LogP contribution in [0.15, 0.2) is 48.5 Å². The summed E-state index contributed by atoms with van der Waals surface area (Å²) in [6, 6.07) is 15.9. The molecule has 0 spiro atoms. The molecule has 0 bridgehead atoms. The highest BCUT2D eigenvalue weighted by Gasteiger charge is 2.09. The zero-order valence-electron chi connectivity index (χ0n) is 16.4. The molecule has 0 aliphatic heterocycles. The molecule has 7 heteroatoms. The van der Waals surface area contributed by atoms with Crippen LogP contribution >= 0.6 is 22.9 Å². The van der Waals surface area contributed by atoms with Crippen LogP contribution in [0.1, 0.15) is 35.4 Å². The molecule has 3 rings (SSSR count). The van der Waals surface area contributed by atoms with E-state index in [0.717, 1.165) is 35.6 Å². The number of ether oxygens (including phenoxy) is 1. The minimum Gasteiger partial charge on any atom is -0.493 e. The maximum absolute atomic E-state index is 12.1. The lowest BCUT2D eigenvalue weighted by Crippen LogP contribution is -2.12. The van der Waals surface area contributed by atoms with E-state index < -0.39 is 0 Å². The smallest absolute Gasteiger partial charge is 0.226 e. The fourth-order valence-electron chi connectivity index (χ4n) is 2.86. The van der Waals surface area contributed by atoms with E-state index in [4.69, 9.17) is 16.3 Å². The van der Waals surface area contributed by atoms with Gasteiger partial charge in [0.05, 0.1) is 6.61 Å². The first-order chi connectivity index (χ1) is 14.1. The minimum absolute atomic E-state index is 0.0755. The molecule has 152 valence electrons. The molecule has 1 aromatic heterocycles. The molecule has 1 heterocycles. The third kappa shape index (κ3) is 7.15. The molecule has 0 aliphatic carbocycles. The zero-order chi connectivity index (χ0) is 20.5. The highest BCUT2D eigenvalue weighted by Crippen LogP contribution is 2.22. The van der Waals surface area contributed by atoms with Crippen LogP contribution in [-0.2, 0) is 17.6 Å². The van der Waals surface area contributed by atoms with Crippen molar-refractivity contribution >= 4 is 34.0 Å². The molecule has 0 aliphatic rings. The molecule has 1 amide bonds. The molecule has 2 aromatic carbocycles. The van der Waals surface area contributed by atoms with Gasteiger partial charge in [0.15, 0.2) is 0 Å². The van der Waals surface area contributed by atoms with Gasteiger partial charge in [0, 0.05) is 17.9 Å². The van der Waals surface area contributed by atoms with Gasteiger partial charge in [0.2, 0.25) is 11.0 Å². The number of nitrogens with one attached hydrogen (secondary N) is 1. The molecule has 0 saturated heterocycles. The Morgan fingerprint density at radius 1 is 1.10 bits per heavy atom. The van der Waals surface area contributed by atoms with Gasteiger partial charge in [0.25, 0.3) is 0 Å². The van der Waals surface area contributed by atoms with Gasteiger partial charge in [-0.25, -0.2) is 0 Å². The number of benzene rings is 2. The third-order valence-corrected chi connectivity index (χ3v) is 5.49. The monoisotopic (exact) mass is 429 g/mol. The van der Waals surface area contributed by atoms with Crippen molar-refractivity contribution in [2.75, 3.05) is 11.9 Å². The van der Waals surface area contributed by atoms with E-state index in [1.165, 1.54) is 16.9 Å². The Morgan fingerprint density at radius 2 is 1.93 bits per heavy atom. The maximum atomic E-state index is 12.1. The van der Waals surface area contributed by atoms with Gasteiger partial charge in [-0.3, -0.25) is 4.79 Å². The van der Waals surface area contributed by atoms with Crippen molar-refractivity contribution in [1.29, 1.82) is 0 Å². The van der Waals surface area contributed by atoms with Crippen molar-refractivity contribution in [3.8, 4) is 5.75 Å². The molecule has 0 radical (unpaired) electrons. The van der Waals surface area contributed by atoms with Crippen molar-refractivity contribution < 1.29 is 9.53 Å². The summed E-state index contributed by atoms with van der Waals surface area (Å²) in [6.45, 7) is 2.41. The average molecular weight is 430 g/mol. The normalized spacial score (nSPS) is 10.7. The topological polar surface area (TPSA) is 64.1 Å². The first-order valence-electron chi connectivity index (χ1n) is 9.65. The SMILES string of the molecule is Cc1cc(Cl)ccc1OCCCC(=O)Nc1nnc(CCCc2ccccc2)s1. The number of rotatable bonds is 10. The standard InChI is InChI=1S/C22H24ClN3O2S/c1-16-15-18(23)12-13-19(16)28-14-6-10-20(27)24-22-26-25-21(29-22)11-5-9-17-7-3-2-4-8-17/h2-4,7-8,12-13,15H,5-6,9-11,14H2,1H3,(H,24,26,27). The Bertz CT molecular complexity index is 931. The van der Waals surface area contributed by atoms with Gasteiger partial charge >= 0.3 is 0 Å². The van der Waals surface area contributed by atoms with E-state index >= 15 is 0 Å². The lowest BCUT2D eigenvalue weighted by atomic mass is 10.1. The Hall–Kier alpha value is -2.44. The fraction of sp³-hybridized carbons (Fsp3) is 0.318. The number of anilines is 1. The molecule has 5 nitrogen and oxygen atoms in total. The second-order valence-corrected chi connectivity index (χ2v) is 8.25. The third-order valence-electron chi connectivity index (χ3n) is 4.35. The lowest BCUT2D eigenvalue weighted by molar-refractivity contribution is -0.116. The van der Waals surface area contributed by atoms with Crippen LogP contribution in [0.25, 0.3) is 0 Å².